The number of carbonyl (C=O) groups excluding carboxylic acids is 1. The van der Waals surface area contributed by atoms with Gasteiger partial charge in [-0.3, -0.25) is 9.89 Å². The third-order valence-electron chi connectivity index (χ3n) is 4.55. The molecule has 0 saturated carbocycles. The van der Waals surface area contributed by atoms with Gasteiger partial charge in [0, 0.05) is 13.7 Å². The van der Waals surface area contributed by atoms with Crippen molar-refractivity contribution in [3.8, 4) is 0 Å². The van der Waals surface area contributed by atoms with Crippen LogP contribution in [0.2, 0.25) is 0 Å². The minimum absolute atomic E-state index is 0.0443. The van der Waals surface area contributed by atoms with Crippen LogP contribution in [-0.2, 0) is 22.6 Å². The molecule has 1 aliphatic heterocycles. The van der Waals surface area contributed by atoms with E-state index in [1.807, 2.05) is 36.1 Å². The fraction of sp³-hybridized carbons (Fsp3) is 0.500. The van der Waals surface area contributed by atoms with E-state index in [1.54, 1.807) is 7.11 Å². The second kappa shape index (κ2) is 7.57. The Labute approximate surface area is 142 Å². The zero-order valence-electron chi connectivity index (χ0n) is 14.3. The van der Waals surface area contributed by atoms with Crippen molar-refractivity contribution in [3.63, 3.8) is 0 Å². The van der Waals surface area contributed by atoms with E-state index >= 15 is 0 Å². The van der Waals surface area contributed by atoms with Crippen molar-refractivity contribution >= 4 is 5.91 Å². The molecule has 1 fully saturated rings. The van der Waals surface area contributed by atoms with Gasteiger partial charge < -0.3 is 9.64 Å². The minimum Gasteiger partial charge on any atom is -0.377 e. The number of likely N-dealkylation sites (tertiary alicyclic amines) is 1. The Kier molecular flexibility index (Phi) is 5.25. The van der Waals surface area contributed by atoms with Crippen LogP contribution in [0.5, 0.6) is 0 Å². The van der Waals surface area contributed by atoms with Gasteiger partial charge in [0.1, 0.15) is 6.61 Å². The molecule has 2 aromatic rings. The zero-order chi connectivity index (χ0) is 16.9. The fourth-order valence-electron chi connectivity index (χ4n) is 3.23. The summed E-state index contributed by atoms with van der Waals surface area (Å²) in [4.78, 5) is 19.3. The first-order chi connectivity index (χ1) is 11.7. The fourth-order valence-corrected chi connectivity index (χ4v) is 3.23. The second-order valence-electron chi connectivity index (χ2n) is 6.28. The van der Waals surface area contributed by atoms with Gasteiger partial charge in [-0.25, -0.2) is 4.98 Å². The van der Waals surface area contributed by atoms with Crippen molar-refractivity contribution in [1.29, 1.82) is 0 Å². The lowest BCUT2D eigenvalue weighted by atomic mass is 9.99. The molecule has 0 spiro atoms. The highest BCUT2D eigenvalue weighted by Gasteiger charge is 2.30. The molecule has 1 aromatic heterocycles. The largest absolute Gasteiger partial charge is 0.377 e. The number of nitrogens with one attached hydrogen (secondary N) is 1. The molecule has 128 valence electrons. The number of amides is 1. The topological polar surface area (TPSA) is 71.1 Å². The Morgan fingerprint density at radius 3 is 3.00 bits per heavy atom. The van der Waals surface area contributed by atoms with E-state index in [-0.39, 0.29) is 11.9 Å². The first-order valence-corrected chi connectivity index (χ1v) is 8.43. The number of hydrogen-bond acceptors (Lipinski definition) is 4. The maximum atomic E-state index is 12.9. The van der Waals surface area contributed by atoms with E-state index in [0.29, 0.717) is 24.7 Å². The smallest absolute Gasteiger partial charge is 0.227 e. The zero-order valence-corrected chi connectivity index (χ0v) is 14.3. The Balaban J connectivity index is 1.76. The molecule has 1 aromatic carbocycles. The van der Waals surface area contributed by atoms with Gasteiger partial charge in [-0.1, -0.05) is 24.3 Å². The van der Waals surface area contributed by atoms with Crippen molar-refractivity contribution in [3.05, 3.63) is 47.0 Å². The standard InChI is InChI=1S/C18H24N4O2/c1-13-7-3-4-8-14(13)11-17(23)22-10-6-5-9-15(22)18-19-16(12-24-2)20-21-18/h3-4,7-8,15H,5-6,9-12H2,1-2H3,(H,19,20,21)/t15-/m1/s1. The number of methoxy groups -OCH3 is 1. The molecule has 2 heterocycles. The summed E-state index contributed by atoms with van der Waals surface area (Å²) in [6.45, 7) is 3.21. The van der Waals surface area contributed by atoms with Crippen LogP contribution in [0.25, 0.3) is 0 Å². The van der Waals surface area contributed by atoms with Gasteiger partial charge in [-0.05, 0) is 37.3 Å². The van der Waals surface area contributed by atoms with Crippen molar-refractivity contribution in [2.24, 2.45) is 0 Å². The summed E-state index contributed by atoms with van der Waals surface area (Å²) >= 11 is 0. The van der Waals surface area contributed by atoms with E-state index in [2.05, 4.69) is 15.2 Å². The summed E-state index contributed by atoms with van der Waals surface area (Å²) in [5.41, 5.74) is 2.24. The number of piperidine rings is 1. The molecule has 0 unspecified atom stereocenters. The molecule has 1 saturated heterocycles. The average Bonchev–Trinajstić information content (AvgIpc) is 3.06. The third-order valence-corrected chi connectivity index (χ3v) is 4.55. The minimum atomic E-state index is -0.0443. The van der Waals surface area contributed by atoms with Crippen LogP contribution in [0.1, 0.15) is 48.1 Å². The monoisotopic (exact) mass is 328 g/mol. The number of carbonyl (C=O) groups is 1. The van der Waals surface area contributed by atoms with Crippen LogP contribution in [-0.4, -0.2) is 39.6 Å². The molecule has 1 atom stereocenters. The van der Waals surface area contributed by atoms with Gasteiger partial charge in [0.15, 0.2) is 11.6 Å². The van der Waals surface area contributed by atoms with Gasteiger partial charge in [0.05, 0.1) is 12.5 Å². The van der Waals surface area contributed by atoms with Crippen LogP contribution in [0.15, 0.2) is 24.3 Å². The van der Waals surface area contributed by atoms with Crippen LogP contribution < -0.4 is 0 Å². The van der Waals surface area contributed by atoms with Gasteiger partial charge in [-0.2, -0.15) is 5.10 Å². The van der Waals surface area contributed by atoms with Gasteiger partial charge in [0.25, 0.3) is 0 Å². The summed E-state index contributed by atoms with van der Waals surface area (Å²) in [6.07, 6.45) is 3.46. The van der Waals surface area contributed by atoms with Crippen LogP contribution in [0.4, 0.5) is 0 Å². The summed E-state index contributed by atoms with van der Waals surface area (Å²) in [5.74, 6) is 1.54. The lowest BCUT2D eigenvalue weighted by molar-refractivity contribution is -0.134. The van der Waals surface area contributed by atoms with Gasteiger partial charge in [-0.15, -0.1) is 0 Å². The Bertz CT molecular complexity index is 698. The van der Waals surface area contributed by atoms with E-state index in [0.717, 1.165) is 36.9 Å². The lowest BCUT2D eigenvalue weighted by Crippen LogP contribution is -2.40. The van der Waals surface area contributed by atoms with Gasteiger partial charge >= 0.3 is 0 Å². The van der Waals surface area contributed by atoms with Crippen molar-refractivity contribution in [1.82, 2.24) is 20.1 Å². The number of aromatic amines is 1. The first kappa shape index (κ1) is 16.6. The molecule has 1 amide bonds. The number of nitrogens with zero attached hydrogens (tertiary/aromatic N) is 3. The molecule has 3 rings (SSSR count). The third kappa shape index (κ3) is 3.64. The summed E-state index contributed by atoms with van der Waals surface area (Å²) in [7, 11) is 1.63. The second-order valence-corrected chi connectivity index (χ2v) is 6.28. The highest BCUT2D eigenvalue weighted by atomic mass is 16.5. The number of aromatic nitrogens is 3. The predicted molar refractivity (Wildman–Crippen MR) is 90.3 cm³/mol. The van der Waals surface area contributed by atoms with Gasteiger partial charge in [0.2, 0.25) is 5.91 Å². The summed E-state index contributed by atoms with van der Waals surface area (Å²) < 4.78 is 5.08. The van der Waals surface area contributed by atoms with E-state index < -0.39 is 0 Å². The SMILES string of the molecule is COCc1nc([C@H]2CCCCN2C(=O)Cc2ccccc2C)n[nH]1. The highest BCUT2D eigenvalue weighted by molar-refractivity contribution is 5.79. The number of rotatable bonds is 5. The van der Waals surface area contributed by atoms with Crippen molar-refractivity contribution < 1.29 is 9.53 Å². The van der Waals surface area contributed by atoms with E-state index in [9.17, 15) is 4.79 Å². The van der Waals surface area contributed by atoms with Crippen LogP contribution in [0, 0.1) is 6.92 Å². The predicted octanol–water partition coefficient (Wildman–Crippen LogP) is 2.56. The molecule has 0 radical (unpaired) electrons. The summed E-state index contributed by atoms with van der Waals surface area (Å²) in [6, 6.07) is 8.00. The molecule has 0 aliphatic carbocycles. The summed E-state index contributed by atoms with van der Waals surface area (Å²) in [5, 5.41) is 7.20. The lowest BCUT2D eigenvalue weighted by Gasteiger charge is -2.34. The Morgan fingerprint density at radius 1 is 1.38 bits per heavy atom. The number of H-pyrrole nitrogens is 1. The molecule has 0 bridgehead atoms. The van der Waals surface area contributed by atoms with E-state index in [1.165, 1.54) is 0 Å². The van der Waals surface area contributed by atoms with Crippen molar-refractivity contribution in [2.45, 2.75) is 45.3 Å². The molecule has 1 N–H and O–H groups in total. The van der Waals surface area contributed by atoms with Crippen LogP contribution in [0.3, 0.4) is 0 Å². The molecule has 6 nitrogen and oxygen atoms in total. The van der Waals surface area contributed by atoms with Crippen LogP contribution >= 0.6 is 0 Å². The molecule has 6 heteroatoms. The van der Waals surface area contributed by atoms with Crippen molar-refractivity contribution in [2.75, 3.05) is 13.7 Å². The maximum absolute atomic E-state index is 12.9. The average molecular weight is 328 g/mol. The Morgan fingerprint density at radius 2 is 2.21 bits per heavy atom. The molecule has 24 heavy (non-hydrogen) atoms. The highest BCUT2D eigenvalue weighted by Crippen LogP contribution is 2.29. The number of aryl methyl sites for hydroxylation is 1. The normalized spacial score (nSPS) is 17.9. The molecule has 1 aliphatic rings. The quantitative estimate of drug-likeness (QED) is 0.915. The number of benzene rings is 1. The van der Waals surface area contributed by atoms with E-state index in [4.69, 9.17) is 4.74 Å². The number of hydrogen-bond donors (Lipinski definition) is 1. The first-order valence-electron chi connectivity index (χ1n) is 8.43. The molecular formula is C18H24N4O2. The number of ether oxygens (including phenoxy) is 1. The molecular weight excluding hydrogens is 304 g/mol. The Hall–Kier alpha value is -2.21. The maximum Gasteiger partial charge on any atom is 0.227 e.